The molecule has 1 fully saturated rings. The van der Waals surface area contributed by atoms with Crippen LogP contribution in [0, 0.1) is 0 Å². The number of nitrogens with two attached hydrogens (primary N) is 1. The highest BCUT2D eigenvalue weighted by Crippen LogP contribution is 2.46. The van der Waals surface area contributed by atoms with Gasteiger partial charge in [0.1, 0.15) is 0 Å². The molecule has 1 aliphatic carbocycles. The number of primary amides is 1. The fourth-order valence-electron chi connectivity index (χ4n) is 2.88. The van der Waals surface area contributed by atoms with Crippen LogP contribution in [0.3, 0.4) is 0 Å². The van der Waals surface area contributed by atoms with E-state index >= 15 is 0 Å². The molecule has 1 saturated carbocycles. The Morgan fingerprint density at radius 1 is 1.22 bits per heavy atom. The molecule has 0 heterocycles. The summed E-state index contributed by atoms with van der Waals surface area (Å²) >= 11 is 6.23. The molecule has 1 aromatic rings. The number of hydrogen-bond donors (Lipinski definition) is 1. The predicted octanol–water partition coefficient (Wildman–Crippen LogP) is 2.60. The molecule has 3 nitrogen and oxygen atoms in total. The Bertz CT molecular complexity index is 478. The second kappa shape index (κ2) is 5.11. The maximum Gasteiger partial charge on any atom is 0.284 e. The number of halogens is 1. The van der Waals surface area contributed by atoms with E-state index in [1.54, 1.807) is 0 Å². The maximum atomic E-state index is 11.7. The first kappa shape index (κ1) is 13.1. The lowest BCUT2D eigenvalue weighted by Crippen LogP contribution is -2.33. The van der Waals surface area contributed by atoms with Gasteiger partial charge in [0, 0.05) is 16.9 Å². The van der Waals surface area contributed by atoms with Crippen LogP contribution in [0.1, 0.15) is 37.7 Å². The van der Waals surface area contributed by atoms with Gasteiger partial charge in [-0.15, -0.1) is 0 Å². The minimum Gasteiger partial charge on any atom is -0.363 e. The Labute approximate surface area is 111 Å². The number of ketones is 1. The minimum atomic E-state index is -0.853. The largest absolute Gasteiger partial charge is 0.363 e. The SMILES string of the molecule is NC(=O)C(=O)CC1(c2ccccc2Cl)CCCC1. The highest BCUT2D eigenvalue weighted by atomic mass is 35.5. The van der Waals surface area contributed by atoms with E-state index in [1.165, 1.54) is 0 Å². The lowest BCUT2D eigenvalue weighted by Gasteiger charge is -2.29. The summed E-state index contributed by atoms with van der Waals surface area (Å²) in [6.07, 6.45) is 4.05. The van der Waals surface area contributed by atoms with Gasteiger partial charge in [-0.3, -0.25) is 9.59 Å². The number of rotatable bonds is 4. The summed E-state index contributed by atoms with van der Waals surface area (Å²) in [5, 5.41) is 0.664. The van der Waals surface area contributed by atoms with E-state index in [1.807, 2.05) is 24.3 Å². The van der Waals surface area contributed by atoms with Gasteiger partial charge in [-0.25, -0.2) is 0 Å². The molecule has 0 saturated heterocycles. The van der Waals surface area contributed by atoms with Crippen LogP contribution < -0.4 is 5.73 Å². The van der Waals surface area contributed by atoms with Gasteiger partial charge >= 0.3 is 0 Å². The van der Waals surface area contributed by atoms with Crippen LogP contribution in [0.4, 0.5) is 0 Å². The molecule has 0 bridgehead atoms. The van der Waals surface area contributed by atoms with Crippen molar-refractivity contribution in [1.82, 2.24) is 0 Å². The topological polar surface area (TPSA) is 60.2 Å². The van der Waals surface area contributed by atoms with E-state index in [2.05, 4.69) is 0 Å². The molecule has 0 aliphatic heterocycles. The van der Waals surface area contributed by atoms with Gasteiger partial charge in [0.2, 0.25) is 5.78 Å². The third-order valence-electron chi connectivity index (χ3n) is 3.78. The molecule has 1 amide bonds. The fraction of sp³-hybridized carbons (Fsp3) is 0.429. The van der Waals surface area contributed by atoms with Crippen LogP contribution in [0.5, 0.6) is 0 Å². The molecule has 0 atom stereocenters. The van der Waals surface area contributed by atoms with Gasteiger partial charge in [0.15, 0.2) is 0 Å². The Morgan fingerprint density at radius 3 is 2.39 bits per heavy atom. The van der Waals surface area contributed by atoms with Crippen molar-refractivity contribution in [3.05, 3.63) is 34.9 Å². The number of Topliss-reactive ketones (excluding diaryl/α,β-unsaturated/α-hetero) is 1. The summed E-state index contributed by atoms with van der Waals surface area (Å²) in [5.74, 6) is -1.36. The molecule has 0 aromatic heterocycles. The number of amides is 1. The molecular weight excluding hydrogens is 250 g/mol. The van der Waals surface area contributed by atoms with Crippen molar-refractivity contribution >= 4 is 23.3 Å². The summed E-state index contributed by atoms with van der Waals surface area (Å²) in [5.41, 5.74) is 5.74. The molecule has 2 N–H and O–H groups in total. The van der Waals surface area contributed by atoms with Crippen LogP contribution in [-0.2, 0) is 15.0 Å². The zero-order chi connectivity index (χ0) is 13.2. The van der Waals surface area contributed by atoms with E-state index in [-0.39, 0.29) is 11.8 Å². The molecule has 0 radical (unpaired) electrons. The van der Waals surface area contributed by atoms with Crippen molar-refractivity contribution < 1.29 is 9.59 Å². The molecule has 0 unspecified atom stereocenters. The van der Waals surface area contributed by atoms with Crippen molar-refractivity contribution in [2.75, 3.05) is 0 Å². The van der Waals surface area contributed by atoms with Gasteiger partial charge in [0.25, 0.3) is 5.91 Å². The lowest BCUT2D eigenvalue weighted by molar-refractivity contribution is -0.136. The molecule has 1 aromatic carbocycles. The van der Waals surface area contributed by atoms with Gasteiger partial charge in [-0.05, 0) is 24.5 Å². The van der Waals surface area contributed by atoms with Crippen molar-refractivity contribution in [3.8, 4) is 0 Å². The smallest absolute Gasteiger partial charge is 0.284 e. The number of carbonyl (C=O) groups is 2. The molecule has 0 spiro atoms. The fourth-order valence-corrected chi connectivity index (χ4v) is 3.22. The first-order valence-corrected chi connectivity index (χ1v) is 6.51. The Hall–Kier alpha value is -1.35. The van der Waals surface area contributed by atoms with E-state index in [0.717, 1.165) is 31.2 Å². The quantitative estimate of drug-likeness (QED) is 0.851. The standard InChI is InChI=1S/C14H16ClNO2/c15-11-6-2-1-5-10(11)14(7-3-4-8-14)9-12(17)13(16)18/h1-2,5-6H,3-4,7-9H2,(H2,16,18). The third-order valence-corrected chi connectivity index (χ3v) is 4.11. The van der Waals surface area contributed by atoms with Crippen LogP contribution in [0.15, 0.2) is 24.3 Å². The zero-order valence-corrected chi connectivity index (χ0v) is 10.9. The third kappa shape index (κ3) is 2.41. The summed E-state index contributed by atoms with van der Waals surface area (Å²) in [4.78, 5) is 22.7. The predicted molar refractivity (Wildman–Crippen MR) is 70.4 cm³/mol. The van der Waals surface area contributed by atoms with Gasteiger partial charge in [-0.1, -0.05) is 42.6 Å². The first-order chi connectivity index (χ1) is 8.55. The second-order valence-electron chi connectivity index (χ2n) is 4.93. The lowest BCUT2D eigenvalue weighted by atomic mass is 9.75. The summed E-state index contributed by atoms with van der Waals surface area (Å²) in [6.45, 7) is 0. The monoisotopic (exact) mass is 265 g/mol. The average molecular weight is 266 g/mol. The van der Waals surface area contributed by atoms with Crippen LogP contribution in [0.2, 0.25) is 5.02 Å². The molecule has 96 valence electrons. The van der Waals surface area contributed by atoms with Crippen molar-refractivity contribution in [2.45, 2.75) is 37.5 Å². The first-order valence-electron chi connectivity index (χ1n) is 6.13. The Balaban J connectivity index is 2.36. The van der Waals surface area contributed by atoms with Crippen LogP contribution in [-0.4, -0.2) is 11.7 Å². The zero-order valence-electron chi connectivity index (χ0n) is 10.1. The molecule has 1 aliphatic rings. The van der Waals surface area contributed by atoms with E-state index in [9.17, 15) is 9.59 Å². The average Bonchev–Trinajstić information content (AvgIpc) is 2.79. The highest BCUT2D eigenvalue weighted by Gasteiger charge is 2.39. The molecule has 2 rings (SSSR count). The highest BCUT2D eigenvalue weighted by molar-refractivity contribution is 6.36. The number of benzene rings is 1. The summed E-state index contributed by atoms with van der Waals surface area (Å²) < 4.78 is 0. The van der Waals surface area contributed by atoms with E-state index in [0.29, 0.717) is 5.02 Å². The van der Waals surface area contributed by atoms with Crippen LogP contribution in [0.25, 0.3) is 0 Å². The van der Waals surface area contributed by atoms with E-state index in [4.69, 9.17) is 17.3 Å². The Morgan fingerprint density at radius 2 is 1.83 bits per heavy atom. The van der Waals surface area contributed by atoms with Gasteiger partial charge < -0.3 is 5.73 Å². The van der Waals surface area contributed by atoms with Crippen molar-refractivity contribution in [1.29, 1.82) is 0 Å². The molecular formula is C14H16ClNO2. The summed E-state index contributed by atoms with van der Waals surface area (Å²) in [6, 6.07) is 7.55. The molecule has 4 heteroatoms. The Kier molecular flexibility index (Phi) is 3.71. The number of carbonyl (C=O) groups excluding carboxylic acids is 2. The van der Waals surface area contributed by atoms with Crippen molar-refractivity contribution in [2.24, 2.45) is 5.73 Å². The minimum absolute atomic E-state index is 0.173. The maximum absolute atomic E-state index is 11.7. The summed E-state index contributed by atoms with van der Waals surface area (Å²) in [7, 11) is 0. The molecule has 18 heavy (non-hydrogen) atoms. The van der Waals surface area contributed by atoms with Crippen molar-refractivity contribution in [3.63, 3.8) is 0 Å². The normalized spacial score (nSPS) is 17.6. The number of hydrogen-bond acceptors (Lipinski definition) is 2. The van der Waals surface area contributed by atoms with Crippen LogP contribution >= 0.6 is 11.6 Å². The van der Waals surface area contributed by atoms with E-state index < -0.39 is 11.7 Å². The van der Waals surface area contributed by atoms with Gasteiger partial charge in [-0.2, -0.15) is 0 Å². The second-order valence-corrected chi connectivity index (χ2v) is 5.34. The van der Waals surface area contributed by atoms with Gasteiger partial charge in [0.05, 0.1) is 0 Å².